The van der Waals surface area contributed by atoms with E-state index in [9.17, 15) is 14.0 Å². The monoisotopic (exact) mass is 422 g/mol. The van der Waals surface area contributed by atoms with Crippen LogP contribution < -0.4 is 15.4 Å². The van der Waals surface area contributed by atoms with Crippen LogP contribution in [0.3, 0.4) is 0 Å². The Morgan fingerprint density at radius 3 is 2.54 bits per heavy atom. The van der Waals surface area contributed by atoms with Gasteiger partial charge in [0.15, 0.2) is 6.10 Å². The number of carbonyl (C=O) groups excluding carboxylic acids is 2. The first-order valence-electron chi connectivity index (χ1n) is 8.06. The number of halogens is 2. The minimum absolute atomic E-state index is 0.161. The molecular weight excluding hydrogens is 403 g/mol. The van der Waals surface area contributed by atoms with Gasteiger partial charge in [-0.25, -0.2) is 4.39 Å². The first-order valence-corrected chi connectivity index (χ1v) is 8.85. The van der Waals surface area contributed by atoms with Gasteiger partial charge in [-0.2, -0.15) is 0 Å². The molecule has 2 aromatic carbocycles. The number of amides is 2. The van der Waals surface area contributed by atoms with Gasteiger partial charge in [-0.05, 0) is 65.7 Å². The van der Waals surface area contributed by atoms with E-state index < -0.39 is 11.9 Å². The molecule has 2 atom stereocenters. The lowest BCUT2D eigenvalue weighted by molar-refractivity contribution is -0.128. The molecule has 2 aromatic rings. The van der Waals surface area contributed by atoms with Gasteiger partial charge < -0.3 is 15.4 Å². The fraction of sp³-hybridized carbons (Fsp3) is 0.263. The van der Waals surface area contributed by atoms with Crippen LogP contribution in [-0.2, 0) is 9.59 Å². The number of benzene rings is 2. The van der Waals surface area contributed by atoms with Gasteiger partial charge in [-0.15, -0.1) is 0 Å². The number of rotatable bonds is 6. The highest BCUT2D eigenvalue weighted by Crippen LogP contribution is 2.26. The van der Waals surface area contributed by atoms with Gasteiger partial charge in [-0.1, -0.05) is 12.1 Å². The molecule has 138 valence electrons. The van der Waals surface area contributed by atoms with Crippen molar-refractivity contribution in [2.24, 2.45) is 0 Å². The van der Waals surface area contributed by atoms with E-state index in [1.165, 1.54) is 25.1 Å². The maximum atomic E-state index is 13.1. The van der Waals surface area contributed by atoms with Crippen LogP contribution in [0.1, 0.15) is 32.4 Å². The van der Waals surface area contributed by atoms with Crippen molar-refractivity contribution >= 4 is 33.4 Å². The molecular formula is C19H20BrFN2O3. The van der Waals surface area contributed by atoms with E-state index >= 15 is 0 Å². The number of hydrogen-bond acceptors (Lipinski definition) is 3. The molecule has 0 heterocycles. The highest BCUT2D eigenvalue weighted by Gasteiger charge is 2.19. The zero-order chi connectivity index (χ0) is 19.3. The molecule has 2 N–H and O–H groups in total. The molecule has 2 amide bonds. The summed E-state index contributed by atoms with van der Waals surface area (Å²) in [7, 11) is 0. The number of anilines is 1. The second-order valence-corrected chi connectivity index (χ2v) is 6.73. The summed E-state index contributed by atoms with van der Waals surface area (Å²) < 4.78 is 19.2. The van der Waals surface area contributed by atoms with Crippen LogP contribution in [0.2, 0.25) is 0 Å². The Morgan fingerprint density at radius 1 is 1.15 bits per heavy atom. The molecule has 0 unspecified atom stereocenters. The van der Waals surface area contributed by atoms with Crippen molar-refractivity contribution in [2.45, 2.75) is 32.9 Å². The minimum Gasteiger partial charge on any atom is -0.480 e. The molecule has 0 aliphatic heterocycles. The topological polar surface area (TPSA) is 67.4 Å². The molecule has 0 aliphatic rings. The number of hydrogen-bond donors (Lipinski definition) is 2. The van der Waals surface area contributed by atoms with E-state index in [1.807, 2.05) is 13.0 Å². The molecule has 0 bridgehead atoms. The van der Waals surface area contributed by atoms with Crippen molar-refractivity contribution in [3.05, 3.63) is 58.3 Å². The van der Waals surface area contributed by atoms with Crippen LogP contribution in [0.25, 0.3) is 0 Å². The Kier molecular flexibility index (Phi) is 6.74. The van der Waals surface area contributed by atoms with Gasteiger partial charge in [0.1, 0.15) is 11.6 Å². The molecule has 0 saturated carbocycles. The molecule has 0 saturated heterocycles. The second-order valence-electron chi connectivity index (χ2n) is 5.87. The second kappa shape index (κ2) is 8.80. The van der Waals surface area contributed by atoms with Crippen LogP contribution in [0.5, 0.6) is 5.75 Å². The van der Waals surface area contributed by atoms with Crippen molar-refractivity contribution in [3.63, 3.8) is 0 Å². The number of nitrogens with one attached hydrogen (secondary N) is 2. The van der Waals surface area contributed by atoms with Gasteiger partial charge in [-0.3, -0.25) is 9.59 Å². The lowest BCUT2D eigenvalue weighted by Crippen LogP contribution is -2.37. The Morgan fingerprint density at radius 2 is 1.88 bits per heavy atom. The molecule has 0 aromatic heterocycles. The standard InChI is InChI=1S/C19H20BrFN2O3/c1-11(14-5-4-6-16(9-14)23-13(3)24)22-19(25)12(2)26-18-8-7-15(21)10-17(18)20/h4-12H,1-3H3,(H,22,25)(H,23,24)/t11-,12-/m0/s1. The average Bonchev–Trinajstić information content (AvgIpc) is 2.56. The fourth-order valence-electron chi connectivity index (χ4n) is 2.32. The largest absolute Gasteiger partial charge is 0.480 e. The predicted octanol–water partition coefficient (Wildman–Crippen LogP) is 4.19. The van der Waals surface area contributed by atoms with Crippen LogP contribution >= 0.6 is 15.9 Å². The predicted molar refractivity (Wildman–Crippen MR) is 101 cm³/mol. The zero-order valence-corrected chi connectivity index (χ0v) is 16.3. The summed E-state index contributed by atoms with van der Waals surface area (Å²) >= 11 is 3.21. The van der Waals surface area contributed by atoms with Crippen molar-refractivity contribution < 1.29 is 18.7 Å². The molecule has 2 rings (SSSR count). The highest BCUT2D eigenvalue weighted by molar-refractivity contribution is 9.10. The summed E-state index contributed by atoms with van der Waals surface area (Å²) in [5.41, 5.74) is 1.51. The Labute approximate surface area is 160 Å². The molecule has 7 heteroatoms. The molecule has 0 fully saturated rings. The van der Waals surface area contributed by atoms with Gasteiger partial charge in [0.05, 0.1) is 10.5 Å². The first kappa shape index (κ1) is 19.9. The van der Waals surface area contributed by atoms with Crippen molar-refractivity contribution in [2.75, 3.05) is 5.32 Å². The van der Waals surface area contributed by atoms with E-state index in [0.717, 1.165) is 5.56 Å². The SMILES string of the molecule is CC(=O)Nc1cccc([C@H](C)NC(=O)[C@H](C)Oc2ccc(F)cc2Br)c1. The number of ether oxygens (including phenoxy) is 1. The van der Waals surface area contributed by atoms with Gasteiger partial charge in [0.25, 0.3) is 5.91 Å². The third-order valence-corrected chi connectivity index (χ3v) is 4.25. The van der Waals surface area contributed by atoms with E-state index in [4.69, 9.17) is 4.74 Å². The third-order valence-electron chi connectivity index (χ3n) is 3.63. The summed E-state index contributed by atoms with van der Waals surface area (Å²) in [6, 6.07) is 11.0. The van der Waals surface area contributed by atoms with Crippen LogP contribution in [-0.4, -0.2) is 17.9 Å². The normalized spacial score (nSPS) is 12.8. The summed E-state index contributed by atoms with van der Waals surface area (Å²) in [6.45, 7) is 4.89. The lowest BCUT2D eigenvalue weighted by atomic mass is 10.1. The van der Waals surface area contributed by atoms with Gasteiger partial charge in [0.2, 0.25) is 5.91 Å². The highest BCUT2D eigenvalue weighted by atomic mass is 79.9. The number of carbonyl (C=O) groups is 2. The minimum atomic E-state index is -0.766. The summed E-state index contributed by atoms with van der Waals surface area (Å²) in [5.74, 6) is -0.479. The smallest absolute Gasteiger partial charge is 0.261 e. The summed E-state index contributed by atoms with van der Waals surface area (Å²) in [6.07, 6.45) is -0.766. The summed E-state index contributed by atoms with van der Waals surface area (Å²) in [4.78, 5) is 23.5. The Bertz CT molecular complexity index is 813. The van der Waals surface area contributed by atoms with Crippen LogP contribution in [0.4, 0.5) is 10.1 Å². The van der Waals surface area contributed by atoms with E-state index in [0.29, 0.717) is 15.9 Å². The van der Waals surface area contributed by atoms with Gasteiger partial charge >= 0.3 is 0 Å². The summed E-state index contributed by atoms with van der Waals surface area (Å²) in [5, 5.41) is 5.57. The first-order chi connectivity index (χ1) is 12.3. The fourth-order valence-corrected chi connectivity index (χ4v) is 2.76. The lowest BCUT2D eigenvalue weighted by Gasteiger charge is -2.20. The third kappa shape index (κ3) is 5.56. The molecule has 26 heavy (non-hydrogen) atoms. The maximum Gasteiger partial charge on any atom is 0.261 e. The molecule has 5 nitrogen and oxygen atoms in total. The molecule has 0 radical (unpaired) electrons. The zero-order valence-electron chi connectivity index (χ0n) is 14.7. The molecule has 0 aliphatic carbocycles. The molecule has 0 spiro atoms. The maximum absolute atomic E-state index is 13.1. The van der Waals surface area contributed by atoms with Gasteiger partial charge in [0, 0.05) is 12.6 Å². The van der Waals surface area contributed by atoms with Crippen LogP contribution in [0, 0.1) is 5.82 Å². The van der Waals surface area contributed by atoms with Crippen LogP contribution in [0.15, 0.2) is 46.9 Å². The van der Waals surface area contributed by atoms with E-state index in [1.54, 1.807) is 25.1 Å². The Hall–Kier alpha value is -2.41. The Balaban J connectivity index is 2.00. The van der Waals surface area contributed by atoms with Crippen molar-refractivity contribution in [1.29, 1.82) is 0 Å². The quantitative estimate of drug-likeness (QED) is 0.732. The van der Waals surface area contributed by atoms with E-state index in [-0.39, 0.29) is 17.9 Å². The van der Waals surface area contributed by atoms with Crippen molar-refractivity contribution in [1.82, 2.24) is 5.32 Å². The van der Waals surface area contributed by atoms with E-state index in [2.05, 4.69) is 26.6 Å². The van der Waals surface area contributed by atoms with Crippen molar-refractivity contribution in [3.8, 4) is 5.75 Å². The average molecular weight is 423 g/mol.